The fourth-order valence-electron chi connectivity index (χ4n) is 3.40. The maximum atomic E-state index is 12.3. The van der Waals surface area contributed by atoms with Crippen LogP contribution in [0.4, 0.5) is 0 Å². The van der Waals surface area contributed by atoms with Crippen LogP contribution in [0.2, 0.25) is 0 Å². The molecule has 1 saturated heterocycles. The Morgan fingerprint density at radius 1 is 1.23 bits per heavy atom. The van der Waals surface area contributed by atoms with Crippen LogP contribution in [-0.4, -0.2) is 65.8 Å². The van der Waals surface area contributed by atoms with Crippen molar-refractivity contribution in [3.63, 3.8) is 0 Å². The molecule has 1 atom stereocenters. The minimum Gasteiger partial charge on any atom is -0.480 e. The highest BCUT2D eigenvalue weighted by Crippen LogP contribution is 2.32. The van der Waals surface area contributed by atoms with Gasteiger partial charge in [-0.15, -0.1) is 0 Å². The first kappa shape index (κ1) is 21.5. The van der Waals surface area contributed by atoms with Crippen LogP contribution in [0.15, 0.2) is 30.0 Å². The molecule has 1 aromatic carbocycles. The zero-order chi connectivity index (χ0) is 21.7. The molecule has 1 unspecified atom stereocenters. The number of nitrogens with zero attached hydrogens (tertiary/aromatic N) is 3. The van der Waals surface area contributed by atoms with Crippen molar-refractivity contribution in [3.8, 4) is 17.6 Å². The minimum absolute atomic E-state index is 0.0916. The molecule has 0 bridgehead atoms. The second-order valence-electron chi connectivity index (χ2n) is 7.69. The summed E-state index contributed by atoms with van der Waals surface area (Å²) in [5.74, 6) is -0.543. The molecule has 1 aromatic rings. The molecule has 0 aromatic heterocycles. The second-order valence-corrected chi connectivity index (χ2v) is 7.69. The van der Waals surface area contributed by atoms with Gasteiger partial charge in [0.2, 0.25) is 6.79 Å². The number of ether oxygens (including phenoxy) is 2. The maximum absolute atomic E-state index is 12.3. The van der Waals surface area contributed by atoms with Crippen LogP contribution >= 0.6 is 0 Å². The number of benzene rings is 1. The van der Waals surface area contributed by atoms with Gasteiger partial charge in [-0.2, -0.15) is 5.26 Å². The van der Waals surface area contributed by atoms with Crippen LogP contribution in [0.1, 0.15) is 19.4 Å². The molecule has 2 aliphatic rings. The van der Waals surface area contributed by atoms with Crippen molar-refractivity contribution in [1.29, 1.82) is 5.26 Å². The van der Waals surface area contributed by atoms with Crippen molar-refractivity contribution in [1.82, 2.24) is 15.1 Å². The highest BCUT2D eigenvalue weighted by molar-refractivity contribution is 5.99. The molecule has 1 fully saturated rings. The standard InChI is InChI=1S/C21H26N4O5/c1-14(2)19(21(27)28)23-20(26)16(10-22)12-25-7-5-24(6-8-25)11-15-3-4-17-18(9-15)30-13-29-17/h3-4,9,12,14,19H,5-8,11,13H2,1-2H3,(H,23,26)(H,27,28)/b16-12-. The van der Waals surface area contributed by atoms with E-state index in [0.29, 0.717) is 13.1 Å². The molecule has 0 radical (unpaired) electrons. The van der Waals surface area contributed by atoms with E-state index in [9.17, 15) is 20.0 Å². The Labute approximate surface area is 175 Å². The highest BCUT2D eigenvalue weighted by atomic mass is 16.7. The van der Waals surface area contributed by atoms with Crippen LogP contribution in [0.3, 0.4) is 0 Å². The van der Waals surface area contributed by atoms with Gasteiger partial charge in [0.1, 0.15) is 17.7 Å². The Morgan fingerprint density at radius 2 is 1.93 bits per heavy atom. The van der Waals surface area contributed by atoms with E-state index < -0.39 is 17.9 Å². The van der Waals surface area contributed by atoms with E-state index in [1.54, 1.807) is 13.8 Å². The lowest BCUT2D eigenvalue weighted by atomic mass is 10.0. The molecule has 0 spiro atoms. The number of nitriles is 1. The predicted octanol–water partition coefficient (Wildman–Crippen LogP) is 1.17. The Morgan fingerprint density at radius 3 is 2.57 bits per heavy atom. The number of carboxylic acid groups (broad SMARTS) is 1. The van der Waals surface area contributed by atoms with Crippen molar-refractivity contribution in [2.45, 2.75) is 26.4 Å². The molecular formula is C21H26N4O5. The molecule has 160 valence electrons. The number of carbonyl (C=O) groups excluding carboxylic acids is 1. The van der Waals surface area contributed by atoms with E-state index in [-0.39, 0.29) is 18.3 Å². The molecule has 2 N–H and O–H groups in total. The lowest BCUT2D eigenvalue weighted by Crippen LogP contribution is -2.46. The lowest BCUT2D eigenvalue weighted by molar-refractivity contribution is -0.142. The first-order chi connectivity index (χ1) is 14.4. The SMILES string of the molecule is CC(C)C(NC(=O)/C(C#N)=C\N1CCN(Cc2ccc3c(c2)OCO3)CC1)C(=O)O. The zero-order valence-corrected chi connectivity index (χ0v) is 17.1. The van der Waals surface area contributed by atoms with E-state index in [2.05, 4.69) is 10.2 Å². The van der Waals surface area contributed by atoms with Crippen LogP contribution in [-0.2, 0) is 16.1 Å². The van der Waals surface area contributed by atoms with Crippen LogP contribution in [0.25, 0.3) is 0 Å². The average Bonchev–Trinajstić information content (AvgIpc) is 3.18. The fraction of sp³-hybridized carbons (Fsp3) is 0.476. The third kappa shape index (κ3) is 5.21. The van der Waals surface area contributed by atoms with Gasteiger partial charge in [-0.05, 0) is 23.6 Å². The monoisotopic (exact) mass is 414 g/mol. The van der Waals surface area contributed by atoms with Gasteiger partial charge < -0.3 is 24.8 Å². The third-order valence-electron chi connectivity index (χ3n) is 5.15. The molecule has 2 aliphatic heterocycles. The van der Waals surface area contributed by atoms with E-state index in [1.165, 1.54) is 6.20 Å². The first-order valence-electron chi connectivity index (χ1n) is 9.88. The minimum atomic E-state index is -1.12. The highest BCUT2D eigenvalue weighted by Gasteiger charge is 2.25. The number of carboxylic acids is 1. The van der Waals surface area contributed by atoms with Gasteiger partial charge in [0.05, 0.1) is 0 Å². The molecular weight excluding hydrogens is 388 g/mol. The molecule has 30 heavy (non-hydrogen) atoms. The van der Waals surface area contributed by atoms with Gasteiger partial charge in [-0.1, -0.05) is 19.9 Å². The Hall–Kier alpha value is -3.25. The number of hydrogen-bond acceptors (Lipinski definition) is 7. The van der Waals surface area contributed by atoms with Crippen molar-refractivity contribution in [2.75, 3.05) is 33.0 Å². The molecule has 0 saturated carbocycles. The van der Waals surface area contributed by atoms with Gasteiger partial charge in [-0.3, -0.25) is 9.69 Å². The van der Waals surface area contributed by atoms with Crippen LogP contribution < -0.4 is 14.8 Å². The number of piperazine rings is 1. The predicted molar refractivity (Wildman–Crippen MR) is 108 cm³/mol. The largest absolute Gasteiger partial charge is 0.480 e. The molecule has 3 rings (SSSR count). The van der Waals surface area contributed by atoms with Gasteiger partial charge in [0.25, 0.3) is 5.91 Å². The van der Waals surface area contributed by atoms with Crippen molar-refractivity contribution < 1.29 is 24.2 Å². The summed E-state index contributed by atoms with van der Waals surface area (Å²) in [7, 11) is 0. The van der Waals surface area contributed by atoms with Crippen molar-refractivity contribution in [2.24, 2.45) is 5.92 Å². The van der Waals surface area contributed by atoms with E-state index in [1.807, 2.05) is 29.2 Å². The maximum Gasteiger partial charge on any atom is 0.326 e. The topological polar surface area (TPSA) is 115 Å². The summed E-state index contributed by atoms with van der Waals surface area (Å²) in [6.07, 6.45) is 1.52. The van der Waals surface area contributed by atoms with E-state index in [0.717, 1.165) is 36.7 Å². The fourth-order valence-corrected chi connectivity index (χ4v) is 3.40. The number of hydrogen-bond donors (Lipinski definition) is 2. The number of rotatable bonds is 7. The molecule has 1 amide bonds. The summed E-state index contributed by atoms with van der Waals surface area (Å²) in [5.41, 5.74) is 1.04. The molecule has 0 aliphatic carbocycles. The van der Waals surface area contributed by atoms with E-state index >= 15 is 0 Å². The number of amides is 1. The smallest absolute Gasteiger partial charge is 0.326 e. The molecule has 2 heterocycles. The van der Waals surface area contributed by atoms with Crippen LogP contribution in [0.5, 0.6) is 11.5 Å². The summed E-state index contributed by atoms with van der Waals surface area (Å²) in [6.45, 7) is 7.30. The van der Waals surface area contributed by atoms with Crippen molar-refractivity contribution >= 4 is 11.9 Å². The van der Waals surface area contributed by atoms with E-state index in [4.69, 9.17) is 9.47 Å². The normalized spacial score (nSPS) is 17.5. The number of fused-ring (bicyclic) bond motifs is 1. The summed E-state index contributed by atoms with van der Waals surface area (Å²) < 4.78 is 10.8. The average molecular weight is 414 g/mol. The summed E-state index contributed by atoms with van der Waals surface area (Å²) >= 11 is 0. The second kappa shape index (κ2) is 9.50. The van der Waals surface area contributed by atoms with Gasteiger partial charge in [0, 0.05) is 38.9 Å². The first-order valence-corrected chi connectivity index (χ1v) is 9.88. The summed E-state index contributed by atoms with van der Waals surface area (Å²) in [6, 6.07) is 6.77. The Bertz CT molecular complexity index is 869. The van der Waals surface area contributed by atoms with Gasteiger partial charge in [0.15, 0.2) is 11.5 Å². The Balaban J connectivity index is 1.54. The summed E-state index contributed by atoms with van der Waals surface area (Å²) in [4.78, 5) is 27.8. The van der Waals surface area contributed by atoms with Gasteiger partial charge in [-0.25, -0.2) is 4.79 Å². The quantitative estimate of drug-likeness (QED) is 0.505. The number of carbonyl (C=O) groups is 2. The zero-order valence-electron chi connectivity index (χ0n) is 17.1. The molecule has 9 nitrogen and oxygen atoms in total. The van der Waals surface area contributed by atoms with Crippen molar-refractivity contribution in [3.05, 3.63) is 35.5 Å². The van der Waals surface area contributed by atoms with Gasteiger partial charge >= 0.3 is 5.97 Å². The summed E-state index contributed by atoms with van der Waals surface area (Å²) in [5, 5.41) is 21.0. The lowest BCUT2D eigenvalue weighted by Gasteiger charge is -2.34. The Kier molecular flexibility index (Phi) is 6.79. The van der Waals surface area contributed by atoms with Crippen LogP contribution in [0, 0.1) is 17.2 Å². The number of aliphatic carboxylic acids is 1. The number of nitrogens with one attached hydrogen (secondary N) is 1. The molecule has 9 heteroatoms. The third-order valence-corrected chi connectivity index (χ3v) is 5.15.